The first-order valence-electron chi connectivity index (χ1n) is 10.1. The van der Waals surface area contributed by atoms with E-state index < -0.39 is 5.60 Å². The first kappa shape index (κ1) is 20.0. The molecule has 4 rings (SSSR count). The van der Waals surface area contributed by atoms with Crippen molar-refractivity contribution in [2.24, 2.45) is 0 Å². The zero-order valence-electron chi connectivity index (χ0n) is 17.6. The average Bonchev–Trinajstić information content (AvgIpc) is 3.15. The summed E-state index contributed by atoms with van der Waals surface area (Å²) in [6, 6.07) is 17.7. The van der Waals surface area contributed by atoms with Crippen molar-refractivity contribution < 1.29 is 18.7 Å². The number of aromatic nitrogens is 1. The van der Waals surface area contributed by atoms with E-state index in [2.05, 4.69) is 4.98 Å². The van der Waals surface area contributed by atoms with E-state index in [1.807, 2.05) is 75.4 Å². The Labute approximate surface area is 176 Å². The Balaban J connectivity index is 1.41. The molecule has 0 spiro atoms. The Morgan fingerprint density at radius 2 is 1.83 bits per heavy atom. The van der Waals surface area contributed by atoms with Crippen molar-refractivity contribution in [1.82, 2.24) is 9.88 Å². The molecular weight excluding hydrogens is 380 g/mol. The van der Waals surface area contributed by atoms with Crippen LogP contribution in [0.25, 0.3) is 11.5 Å². The maximum atomic E-state index is 12.3. The van der Waals surface area contributed by atoms with Gasteiger partial charge < -0.3 is 18.8 Å². The molecule has 0 saturated heterocycles. The van der Waals surface area contributed by atoms with Gasteiger partial charge in [0.05, 0.1) is 6.54 Å². The molecule has 0 atom stereocenters. The number of hydrogen-bond donors (Lipinski definition) is 0. The molecule has 0 aliphatic carbocycles. The van der Waals surface area contributed by atoms with Crippen LogP contribution in [-0.2, 0) is 24.3 Å². The summed E-state index contributed by atoms with van der Waals surface area (Å²) in [6.45, 7) is 7.06. The van der Waals surface area contributed by atoms with Crippen molar-refractivity contribution in [2.75, 3.05) is 6.54 Å². The Morgan fingerprint density at radius 1 is 1.10 bits per heavy atom. The Kier molecular flexibility index (Phi) is 5.48. The minimum Gasteiger partial charge on any atom is -0.489 e. The summed E-state index contributed by atoms with van der Waals surface area (Å²) in [6.07, 6.45) is 0.303. The second-order valence-electron chi connectivity index (χ2n) is 8.34. The molecule has 30 heavy (non-hydrogen) atoms. The van der Waals surface area contributed by atoms with Crippen molar-refractivity contribution in [3.8, 4) is 17.2 Å². The standard InChI is InChI=1S/C24H26N2O4/c1-24(2,3)30-23(27)26-14-13-21-20(15-26)25-22(29-21)18-9-11-19(12-10-18)28-16-17-7-5-4-6-8-17/h4-12H,13-16H2,1-3H3. The highest BCUT2D eigenvalue weighted by atomic mass is 16.6. The highest BCUT2D eigenvalue weighted by Crippen LogP contribution is 2.28. The first-order chi connectivity index (χ1) is 14.4. The molecule has 0 unspecified atom stereocenters. The molecule has 1 aliphatic heterocycles. The highest BCUT2D eigenvalue weighted by molar-refractivity contribution is 5.68. The van der Waals surface area contributed by atoms with Crippen LogP contribution in [0.2, 0.25) is 0 Å². The molecule has 0 N–H and O–H groups in total. The van der Waals surface area contributed by atoms with E-state index in [1.54, 1.807) is 4.90 Å². The fraction of sp³-hybridized carbons (Fsp3) is 0.333. The molecule has 0 bridgehead atoms. The van der Waals surface area contributed by atoms with Crippen LogP contribution >= 0.6 is 0 Å². The van der Waals surface area contributed by atoms with Gasteiger partial charge in [-0.25, -0.2) is 9.78 Å². The lowest BCUT2D eigenvalue weighted by Gasteiger charge is -2.28. The Bertz CT molecular complexity index is 1000. The maximum absolute atomic E-state index is 12.3. The lowest BCUT2D eigenvalue weighted by Crippen LogP contribution is -2.39. The lowest BCUT2D eigenvalue weighted by atomic mass is 10.1. The van der Waals surface area contributed by atoms with Crippen molar-refractivity contribution >= 4 is 6.09 Å². The van der Waals surface area contributed by atoms with Gasteiger partial charge in [-0.15, -0.1) is 0 Å². The molecule has 3 aromatic rings. The van der Waals surface area contributed by atoms with E-state index >= 15 is 0 Å². The van der Waals surface area contributed by atoms with Gasteiger partial charge in [-0.05, 0) is 50.6 Å². The SMILES string of the molecule is CC(C)(C)OC(=O)N1CCc2oc(-c3ccc(OCc4ccccc4)cc3)nc2C1. The normalized spacial score (nSPS) is 13.6. The zero-order chi connectivity index (χ0) is 21.1. The van der Waals surface area contributed by atoms with Crippen LogP contribution in [0.15, 0.2) is 59.0 Å². The number of rotatable bonds is 4. The van der Waals surface area contributed by atoms with Gasteiger partial charge in [0.1, 0.15) is 29.4 Å². The van der Waals surface area contributed by atoms with Crippen molar-refractivity contribution in [3.05, 3.63) is 71.6 Å². The van der Waals surface area contributed by atoms with Crippen LogP contribution in [0.3, 0.4) is 0 Å². The third kappa shape index (κ3) is 4.82. The van der Waals surface area contributed by atoms with Crippen molar-refractivity contribution in [1.29, 1.82) is 0 Å². The number of hydrogen-bond acceptors (Lipinski definition) is 5. The fourth-order valence-corrected chi connectivity index (χ4v) is 3.24. The number of oxazole rings is 1. The first-order valence-corrected chi connectivity index (χ1v) is 10.1. The molecule has 2 aromatic carbocycles. The van der Waals surface area contributed by atoms with Crippen LogP contribution in [0.1, 0.15) is 37.8 Å². The summed E-state index contributed by atoms with van der Waals surface area (Å²) in [5.74, 6) is 2.17. The fourth-order valence-electron chi connectivity index (χ4n) is 3.24. The Morgan fingerprint density at radius 3 is 2.53 bits per heavy atom. The molecule has 6 heteroatoms. The van der Waals surface area contributed by atoms with Crippen molar-refractivity contribution in [2.45, 2.75) is 45.9 Å². The van der Waals surface area contributed by atoms with Gasteiger partial charge in [0.15, 0.2) is 0 Å². The summed E-state index contributed by atoms with van der Waals surface area (Å²) in [7, 11) is 0. The zero-order valence-corrected chi connectivity index (χ0v) is 17.6. The predicted molar refractivity (Wildman–Crippen MR) is 113 cm³/mol. The van der Waals surface area contributed by atoms with E-state index in [0.717, 1.165) is 28.3 Å². The molecule has 2 heterocycles. The summed E-state index contributed by atoms with van der Waals surface area (Å²) >= 11 is 0. The maximum Gasteiger partial charge on any atom is 0.410 e. The molecule has 1 amide bonds. The molecular formula is C24H26N2O4. The summed E-state index contributed by atoms with van der Waals surface area (Å²) < 4.78 is 17.3. The molecule has 1 aliphatic rings. The van der Waals surface area contributed by atoms with Gasteiger partial charge in [0.2, 0.25) is 5.89 Å². The molecule has 0 fully saturated rings. The highest BCUT2D eigenvalue weighted by Gasteiger charge is 2.29. The summed E-state index contributed by atoms with van der Waals surface area (Å²) in [5.41, 5.74) is 2.26. The number of ether oxygens (including phenoxy) is 2. The Hall–Kier alpha value is -3.28. The number of nitrogens with zero attached hydrogens (tertiary/aromatic N) is 2. The number of benzene rings is 2. The van der Waals surface area contributed by atoms with E-state index in [9.17, 15) is 4.79 Å². The van der Waals surface area contributed by atoms with Gasteiger partial charge in [-0.2, -0.15) is 0 Å². The minimum atomic E-state index is -0.517. The van der Waals surface area contributed by atoms with E-state index in [4.69, 9.17) is 13.9 Å². The van der Waals surface area contributed by atoms with E-state index in [-0.39, 0.29) is 6.09 Å². The molecule has 0 saturated carbocycles. The number of carbonyl (C=O) groups is 1. The van der Waals surface area contributed by atoms with Gasteiger partial charge in [-0.1, -0.05) is 30.3 Å². The molecule has 1 aromatic heterocycles. The van der Waals surface area contributed by atoms with Crippen LogP contribution < -0.4 is 4.74 Å². The topological polar surface area (TPSA) is 64.8 Å². The molecule has 6 nitrogen and oxygen atoms in total. The molecule has 0 radical (unpaired) electrons. The number of carbonyl (C=O) groups excluding carboxylic acids is 1. The van der Waals surface area contributed by atoms with Gasteiger partial charge in [0.25, 0.3) is 0 Å². The second kappa shape index (κ2) is 8.22. The third-order valence-electron chi connectivity index (χ3n) is 4.73. The molecule has 156 valence electrons. The predicted octanol–water partition coefficient (Wildman–Crippen LogP) is 5.21. The lowest BCUT2D eigenvalue weighted by molar-refractivity contribution is 0.0217. The quantitative estimate of drug-likeness (QED) is 0.595. The van der Waals surface area contributed by atoms with Crippen LogP contribution in [0.4, 0.5) is 4.79 Å². The summed E-state index contributed by atoms with van der Waals surface area (Å²) in [5, 5.41) is 0. The second-order valence-corrected chi connectivity index (χ2v) is 8.34. The third-order valence-corrected chi connectivity index (χ3v) is 4.73. The van der Waals surface area contributed by atoms with Crippen molar-refractivity contribution in [3.63, 3.8) is 0 Å². The number of amides is 1. The van der Waals surface area contributed by atoms with Gasteiger partial charge >= 0.3 is 6.09 Å². The smallest absolute Gasteiger partial charge is 0.410 e. The summed E-state index contributed by atoms with van der Waals surface area (Å²) in [4.78, 5) is 18.6. The largest absolute Gasteiger partial charge is 0.489 e. The minimum absolute atomic E-state index is 0.322. The van der Waals surface area contributed by atoms with Crippen LogP contribution in [0.5, 0.6) is 5.75 Å². The van der Waals surface area contributed by atoms with Crippen LogP contribution in [0, 0.1) is 0 Å². The number of fused-ring (bicyclic) bond motifs is 1. The van der Waals surface area contributed by atoms with Crippen LogP contribution in [-0.4, -0.2) is 28.1 Å². The average molecular weight is 406 g/mol. The van der Waals surface area contributed by atoms with Gasteiger partial charge in [-0.3, -0.25) is 0 Å². The van der Waals surface area contributed by atoms with Gasteiger partial charge in [0, 0.05) is 18.5 Å². The van der Waals surface area contributed by atoms with E-state index in [0.29, 0.717) is 32.0 Å². The monoisotopic (exact) mass is 406 g/mol. The van der Waals surface area contributed by atoms with E-state index in [1.165, 1.54) is 0 Å².